The Morgan fingerprint density at radius 2 is 1.72 bits per heavy atom. The van der Waals surface area contributed by atoms with E-state index in [1.165, 1.54) is 12.1 Å². The Labute approximate surface area is 295 Å². The number of rotatable bonds is 5. The zero-order valence-electron chi connectivity index (χ0n) is 30.3. The second-order valence-electron chi connectivity index (χ2n) is 15.8. The molecule has 1 spiro atoms. The molecular formula is C38H49N5O6S. The molecule has 4 bridgehead atoms. The van der Waals surface area contributed by atoms with Gasteiger partial charge >= 0.3 is 6.09 Å². The van der Waals surface area contributed by atoms with Crippen LogP contribution in [-0.4, -0.2) is 65.6 Å². The van der Waals surface area contributed by atoms with Crippen molar-refractivity contribution in [3.05, 3.63) is 64.7 Å². The number of hydrogen-bond donors (Lipinski definition) is 2. The minimum absolute atomic E-state index is 0.0294. The number of aryl methyl sites for hydroxylation is 2. The normalized spacial score (nSPS) is 24.5. The number of nitrogens with one attached hydrogen (secondary N) is 2. The molecule has 3 aromatic rings. The number of hydrogen-bond acceptors (Lipinski definition) is 8. The number of nitrogens with zero attached hydrogens (tertiary/aromatic N) is 3. The van der Waals surface area contributed by atoms with Crippen molar-refractivity contribution in [3.8, 4) is 17.1 Å². The second-order valence-corrected chi connectivity index (χ2v) is 17.5. The summed E-state index contributed by atoms with van der Waals surface area (Å²) in [5.74, 6) is 0.179. The number of sulfonamides is 1. The summed E-state index contributed by atoms with van der Waals surface area (Å²) >= 11 is 0. The van der Waals surface area contributed by atoms with E-state index in [0.717, 1.165) is 42.4 Å². The lowest BCUT2D eigenvalue weighted by molar-refractivity contribution is -0.0786. The molecule has 268 valence electrons. The van der Waals surface area contributed by atoms with Crippen molar-refractivity contribution in [2.24, 2.45) is 11.3 Å². The number of benzene rings is 2. The molecule has 2 saturated carbocycles. The van der Waals surface area contributed by atoms with Crippen molar-refractivity contribution in [2.45, 2.75) is 116 Å². The van der Waals surface area contributed by atoms with Gasteiger partial charge in [0.15, 0.2) is 0 Å². The quantitative estimate of drug-likeness (QED) is 0.291. The maximum absolute atomic E-state index is 14.5. The summed E-state index contributed by atoms with van der Waals surface area (Å²) in [6.45, 7) is 15.8. The molecule has 1 aromatic heterocycles. The second kappa shape index (κ2) is 13.2. The van der Waals surface area contributed by atoms with Gasteiger partial charge in [-0.1, -0.05) is 38.1 Å². The van der Waals surface area contributed by atoms with E-state index < -0.39 is 21.7 Å². The van der Waals surface area contributed by atoms with Crippen molar-refractivity contribution in [3.63, 3.8) is 0 Å². The van der Waals surface area contributed by atoms with E-state index in [9.17, 15) is 18.0 Å². The first-order chi connectivity index (χ1) is 23.4. The standard InChI is InChI=1S/C38H49N5O6S/c1-22(2)15-28-21-48-33-25(5)32(31-23(3)11-9-12-24(31)4)40-35(41-33)42-50(46,47)30-14-10-13-26(16-30)34(44)43(28)29-19-38(20-29)17-27(18-38)39-36(45)49-37(6,7)8/h9-14,16,22,27-29H,15,17-21H2,1-8H3,(H,39,45)(H,40,41,42)/t27?,28-,29?,38?/m1/s1. The summed E-state index contributed by atoms with van der Waals surface area (Å²) in [7, 11) is -4.16. The van der Waals surface area contributed by atoms with Crippen molar-refractivity contribution in [1.29, 1.82) is 0 Å². The summed E-state index contributed by atoms with van der Waals surface area (Å²) in [6.07, 6.45) is 3.47. The van der Waals surface area contributed by atoms with Gasteiger partial charge in [-0.15, -0.1) is 0 Å². The molecule has 11 nitrogen and oxygen atoms in total. The van der Waals surface area contributed by atoms with E-state index in [1.807, 2.05) is 64.6 Å². The third kappa shape index (κ3) is 7.31. The van der Waals surface area contributed by atoms with Crippen LogP contribution in [0.15, 0.2) is 47.4 Å². The highest BCUT2D eigenvalue weighted by Gasteiger charge is 2.56. The number of anilines is 1. The zero-order valence-corrected chi connectivity index (χ0v) is 31.1. The highest BCUT2D eigenvalue weighted by atomic mass is 32.2. The van der Waals surface area contributed by atoms with Crippen molar-refractivity contribution < 1.29 is 27.5 Å². The number of carbonyl (C=O) groups is 2. The first-order valence-corrected chi connectivity index (χ1v) is 18.9. The molecule has 12 heteroatoms. The van der Waals surface area contributed by atoms with Crippen LogP contribution < -0.4 is 14.8 Å². The first kappa shape index (κ1) is 35.6. The Morgan fingerprint density at radius 1 is 1.06 bits per heavy atom. The molecule has 0 unspecified atom stereocenters. The number of alkyl carbamates (subject to hydrolysis) is 1. The largest absolute Gasteiger partial charge is 0.475 e. The van der Waals surface area contributed by atoms with Gasteiger partial charge in [-0.3, -0.25) is 4.79 Å². The maximum Gasteiger partial charge on any atom is 0.407 e. The van der Waals surface area contributed by atoms with Crippen LogP contribution in [0.25, 0.3) is 11.3 Å². The predicted octanol–water partition coefficient (Wildman–Crippen LogP) is 6.95. The van der Waals surface area contributed by atoms with Gasteiger partial charge in [-0.2, -0.15) is 4.98 Å². The van der Waals surface area contributed by atoms with Crippen LogP contribution >= 0.6 is 0 Å². The Morgan fingerprint density at radius 3 is 2.36 bits per heavy atom. The first-order valence-electron chi connectivity index (χ1n) is 17.5. The number of amides is 2. The lowest BCUT2D eigenvalue weighted by Crippen LogP contribution is -2.64. The molecule has 2 aliphatic carbocycles. The summed E-state index contributed by atoms with van der Waals surface area (Å²) in [5.41, 5.74) is 3.89. The third-order valence-corrected chi connectivity index (χ3v) is 11.4. The average molecular weight is 704 g/mol. The number of carbonyl (C=O) groups excluding carboxylic acids is 2. The molecule has 0 saturated heterocycles. The van der Waals surface area contributed by atoms with E-state index in [0.29, 0.717) is 23.2 Å². The Bertz CT molecular complexity index is 1890. The molecule has 2 heterocycles. The predicted molar refractivity (Wildman–Crippen MR) is 192 cm³/mol. The number of ether oxygens (including phenoxy) is 2. The fourth-order valence-corrected chi connectivity index (χ4v) is 8.87. The van der Waals surface area contributed by atoms with Crippen LogP contribution in [0.1, 0.15) is 93.8 Å². The minimum atomic E-state index is -4.16. The molecule has 1 aliphatic heterocycles. The third-order valence-electron chi connectivity index (χ3n) is 10.0. The van der Waals surface area contributed by atoms with Gasteiger partial charge in [0.1, 0.15) is 12.2 Å². The molecule has 2 N–H and O–H groups in total. The van der Waals surface area contributed by atoms with Crippen LogP contribution in [0.2, 0.25) is 0 Å². The molecular weight excluding hydrogens is 655 g/mol. The van der Waals surface area contributed by atoms with Crippen molar-refractivity contribution in [1.82, 2.24) is 20.2 Å². The summed E-state index contributed by atoms with van der Waals surface area (Å²) in [6, 6.07) is 11.8. The van der Waals surface area contributed by atoms with Crippen molar-refractivity contribution >= 4 is 28.0 Å². The topological polar surface area (TPSA) is 140 Å². The van der Waals surface area contributed by atoms with E-state index in [1.54, 1.807) is 12.1 Å². The van der Waals surface area contributed by atoms with Gasteiger partial charge in [0.25, 0.3) is 15.9 Å². The van der Waals surface area contributed by atoms with Gasteiger partial charge in [0, 0.05) is 28.8 Å². The van der Waals surface area contributed by atoms with Gasteiger partial charge in [-0.05, 0) is 114 Å². The Kier molecular flexibility index (Phi) is 9.38. The summed E-state index contributed by atoms with van der Waals surface area (Å²) in [4.78, 5) is 38.1. The molecule has 50 heavy (non-hydrogen) atoms. The van der Waals surface area contributed by atoms with Crippen LogP contribution in [-0.2, 0) is 14.8 Å². The van der Waals surface area contributed by atoms with Gasteiger partial charge in [0.05, 0.1) is 16.6 Å². The lowest BCUT2D eigenvalue weighted by atomic mass is 9.51. The Hall–Kier alpha value is -4.19. The number of fused-ring (bicyclic) bond motifs is 4. The fourth-order valence-electron chi connectivity index (χ4n) is 7.88. The lowest BCUT2D eigenvalue weighted by Gasteiger charge is -2.60. The van der Waals surface area contributed by atoms with Crippen LogP contribution in [0.4, 0.5) is 10.7 Å². The molecule has 1 atom stereocenters. The van der Waals surface area contributed by atoms with Gasteiger partial charge in [0.2, 0.25) is 11.8 Å². The molecule has 2 fully saturated rings. The van der Waals surface area contributed by atoms with E-state index in [-0.39, 0.29) is 58.7 Å². The molecule has 6 rings (SSSR count). The molecule has 2 aromatic carbocycles. The Balaban J connectivity index is 1.35. The van der Waals surface area contributed by atoms with Gasteiger partial charge in [-0.25, -0.2) is 22.9 Å². The number of aromatic nitrogens is 2. The zero-order chi connectivity index (χ0) is 36.2. The molecule has 3 aliphatic rings. The van der Waals surface area contributed by atoms with Gasteiger partial charge < -0.3 is 19.7 Å². The minimum Gasteiger partial charge on any atom is -0.475 e. The molecule has 0 radical (unpaired) electrons. The highest BCUT2D eigenvalue weighted by Crippen LogP contribution is 2.58. The van der Waals surface area contributed by atoms with E-state index in [2.05, 4.69) is 28.9 Å². The smallest absolute Gasteiger partial charge is 0.407 e. The summed E-state index contributed by atoms with van der Waals surface area (Å²) in [5, 5.41) is 2.99. The maximum atomic E-state index is 14.5. The van der Waals surface area contributed by atoms with Crippen LogP contribution in [0, 0.1) is 32.1 Å². The highest BCUT2D eigenvalue weighted by molar-refractivity contribution is 7.92. The van der Waals surface area contributed by atoms with E-state index in [4.69, 9.17) is 14.5 Å². The van der Waals surface area contributed by atoms with E-state index >= 15 is 0 Å². The summed E-state index contributed by atoms with van der Waals surface area (Å²) < 4.78 is 42.1. The van der Waals surface area contributed by atoms with Crippen LogP contribution in [0.5, 0.6) is 5.88 Å². The molecule has 2 amide bonds. The monoisotopic (exact) mass is 703 g/mol. The van der Waals surface area contributed by atoms with Crippen LogP contribution in [0.3, 0.4) is 0 Å². The van der Waals surface area contributed by atoms with Crippen molar-refractivity contribution in [2.75, 3.05) is 11.3 Å². The average Bonchev–Trinajstić information content (AvgIpc) is 2.97. The SMILES string of the molecule is Cc1cccc(C)c1-c1nc2nc(c1C)OC[C@@H](CC(C)C)N(C1CC3(CC(NC(=O)OC(C)(C)C)C3)C1)C(=O)c1cccc(c1)S(=O)(=O)N2. The fraction of sp³-hybridized carbons (Fsp3) is 0.526.